The summed E-state index contributed by atoms with van der Waals surface area (Å²) in [6.07, 6.45) is 1.57. The number of aryl methyl sites for hydroxylation is 1. The maximum Gasteiger partial charge on any atom is 0.256 e. The SMILES string of the molecule is CCOc1ccccc1C(=O)CSc1nc(C)co1. The number of ether oxygens (including phenoxy) is 1. The van der Waals surface area contributed by atoms with Crippen molar-refractivity contribution in [2.75, 3.05) is 12.4 Å². The second kappa shape index (κ2) is 6.43. The number of ketones is 1. The van der Waals surface area contributed by atoms with Crippen LogP contribution in [0.2, 0.25) is 0 Å². The predicted octanol–water partition coefficient (Wildman–Crippen LogP) is 3.36. The Morgan fingerprint density at radius 2 is 2.21 bits per heavy atom. The van der Waals surface area contributed by atoms with Crippen LogP contribution in [0.4, 0.5) is 0 Å². The van der Waals surface area contributed by atoms with Gasteiger partial charge in [0.1, 0.15) is 12.0 Å². The largest absolute Gasteiger partial charge is 0.493 e. The van der Waals surface area contributed by atoms with E-state index in [0.717, 1.165) is 5.69 Å². The number of aromatic nitrogens is 1. The molecule has 100 valence electrons. The molecule has 0 radical (unpaired) electrons. The van der Waals surface area contributed by atoms with Gasteiger partial charge in [-0.25, -0.2) is 4.98 Å². The molecular weight excluding hydrogens is 262 g/mol. The van der Waals surface area contributed by atoms with Gasteiger partial charge in [-0.3, -0.25) is 4.79 Å². The molecule has 0 unspecified atom stereocenters. The number of carbonyl (C=O) groups excluding carboxylic acids is 1. The smallest absolute Gasteiger partial charge is 0.256 e. The number of benzene rings is 1. The summed E-state index contributed by atoms with van der Waals surface area (Å²) < 4.78 is 10.6. The number of hydrogen-bond donors (Lipinski definition) is 0. The molecule has 2 rings (SSSR count). The number of hydrogen-bond acceptors (Lipinski definition) is 5. The molecule has 4 nitrogen and oxygen atoms in total. The van der Waals surface area contributed by atoms with E-state index >= 15 is 0 Å². The van der Waals surface area contributed by atoms with Crippen molar-refractivity contribution < 1.29 is 13.9 Å². The first-order valence-corrected chi connectivity index (χ1v) is 6.99. The van der Waals surface area contributed by atoms with E-state index in [2.05, 4.69) is 4.98 Å². The van der Waals surface area contributed by atoms with E-state index in [4.69, 9.17) is 9.15 Å². The van der Waals surface area contributed by atoms with E-state index in [9.17, 15) is 4.79 Å². The van der Waals surface area contributed by atoms with Crippen molar-refractivity contribution in [1.29, 1.82) is 0 Å². The molecule has 2 aromatic rings. The Bertz CT molecular complexity index is 565. The molecule has 0 saturated heterocycles. The number of carbonyl (C=O) groups is 1. The third-order valence-corrected chi connectivity index (χ3v) is 3.25. The van der Waals surface area contributed by atoms with Gasteiger partial charge in [0.25, 0.3) is 5.22 Å². The monoisotopic (exact) mass is 277 g/mol. The second-order valence-electron chi connectivity index (χ2n) is 3.90. The minimum absolute atomic E-state index is 0.00454. The van der Waals surface area contributed by atoms with Crippen LogP contribution < -0.4 is 4.74 Å². The Morgan fingerprint density at radius 1 is 1.42 bits per heavy atom. The summed E-state index contributed by atoms with van der Waals surface area (Å²) in [5.41, 5.74) is 1.41. The summed E-state index contributed by atoms with van der Waals surface area (Å²) in [6.45, 7) is 4.28. The zero-order chi connectivity index (χ0) is 13.7. The van der Waals surface area contributed by atoms with E-state index in [0.29, 0.717) is 23.1 Å². The van der Waals surface area contributed by atoms with Crippen molar-refractivity contribution in [2.45, 2.75) is 19.1 Å². The third-order valence-electron chi connectivity index (χ3n) is 2.41. The lowest BCUT2D eigenvalue weighted by Gasteiger charge is -2.08. The van der Waals surface area contributed by atoms with Crippen molar-refractivity contribution in [1.82, 2.24) is 4.98 Å². The fourth-order valence-electron chi connectivity index (χ4n) is 1.58. The van der Waals surface area contributed by atoms with Gasteiger partial charge in [0.2, 0.25) is 0 Å². The standard InChI is InChI=1S/C14H15NO3S/c1-3-17-13-7-5-4-6-11(13)12(16)9-19-14-15-10(2)8-18-14/h4-8H,3,9H2,1-2H3. The highest BCUT2D eigenvalue weighted by Crippen LogP contribution is 2.23. The molecule has 0 aliphatic heterocycles. The second-order valence-corrected chi connectivity index (χ2v) is 4.82. The first-order valence-electron chi connectivity index (χ1n) is 6.00. The van der Waals surface area contributed by atoms with Crippen LogP contribution in [0, 0.1) is 6.92 Å². The molecule has 0 aliphatic carbocycles. The van der Waals surface area contributed by atoms with Crippen molar-refractivity contribution in [3.63, 3.8) is 0 Å². The van der Waals surface area contributed by atoms with Gasteiger partial charge in [0, 0.05) is 0 Å². The van der Waals surface area contributed by atoms with E-state index in [1.54, 1.807) is 18.4 Å². The average Bonchev–Trinajstić information content (AvgIpc) is 2.83. The molecule has 0 fully saturated rings. The Hall–Kier alpha value is -1.75. The Balaban J connectivity index is 2.03. The lowest BCUT2D eigenvalue weighted by molar-refractivity contribution is 0.101. The van der Waals surface area contributed by atoms with E-state index in [1.165, 1.54) is 11.8 Å². The van der Waals surface area contributed by atoms with Crippen LogP contribution >= 0.6 is 11.8 Å². The summed E-state index contributed by atoms with van der Waals surface area (Å²) in [6, 6.07) is 7.26. The number of rotatable bonds is 6. The first kappa shape index (κ1) is 13.7. The van der Waals surface area contributed by atoms with Gasteiger partial charge in [-0.2, -0.15) is 0 Å². The molecule has 0 bridgehead atoms. The molecule has 1 aromatic heterocycles. The van der Waals surface area contributed by atoms with Crippen LogP contribution in [0.15, 0.2) is 40.2 Å². The quantitative estimate of drug-likeness (QED) is 0.598. The molecule has 0 aliphatic rings. The van der Waals surface area contributed by atoms with Gasteiger partial charge in [-0.05, 0) is 26.0 Å². The summed E-state index contributed by atoms with van der Waals surface area (Å²) in [5, 5.41) is 0.514. The number of para-hydroxylation sites is 1. The maximum atomic E-state index is 12.2. The minimum Gasteiger partial charge on any atom is -0.493 e. The zero-order valence-corrected chi connectivity index (χ0v) is 11.7. The van der Waals surface area contributed by atoms with Crippen LogP contribution in [0.3, 0.4) is 0 Å². The molecule has 0 amide bonds. The van der Waals surface area contributed by atoms with Crippen molar-refractivity contribution in [2.24, 2.45) is 0 Å². The molecule has 0 N–H and O–H groups in total. The number of Topliss-reactive ketones (excluding diaryl/α,β-unsaturated/α-hetero) is 1. The van der Waals surface area contributed by atoms with Crippen LogP contribution in [-0.4, -0.2) is 23.1 Å². The van der Waals surface area contributed by atoms with Crippen LogP contribution in [-0.2, 0) is 0 Å². The van der Waals surface area contributed by atoms with Crippen LogP contribution in [0.1, 0.15) is 23.0 Å². The highest BCUT2D eigenvalue weighted by Gasteiger charge is 2.13. The van der Waals surface area contributed by atoms with Crippen molar-refractivity contribution in [3.05, 3.63) is 41.8 Å². The fourth-order valence-corrected chi connectivity index (χ4v) is 2.32. The molecule has 0 spiro atoms. The lowest BCUT2D eigenvalue weighted by atomic mass is 10.1. The first-order chi connectivity index (χ1) is 9.20. The van der Waals surface area contributed by atoms with Gasteiger partial charge >= 0.3 is 0 Å². The highest BCUT2D eigenvalue weighted by molar-refractivity contribution is 7.99. The van der Waals surface area contributed by atoms with Gasteiger partial charge < -0.3 is 9.15 Å². The van der Waals surface area contributed by atoms with Gasteiger partial charge in [0.15, 0.2) is 5.78 Å². The Kier molecular flexibility index (Phi) is 4.63. The highest BCUT2D eigenvalue weighted by atomic mass is 32.2. The number of oxazole rings is 1. The molecule has 19 heavy (non-hydrogen) atoms. The lowest BCUT2D eigenvalue weighted by Crippen LogP contribution is -2.06. The predicted molar refractivity (Wildman–Crippen MR) is 73.9 cm³/mol. The van der Waals surface area contributed by atoms with Crippen LogP contribution in [0.5, 0.6) is 5.75 Å². The van der Waals surface area contributed by atoms with Gasteiger partial charge in [0.05, 0.1) is 23.6 Å². The fraction of sp³-hybridized carbons (Fsp3) is 0.286. The summed E-state index contributed by atoms with van der Waals surface area (Å²) in [4.78, 5) is 16.3. The van der Waals surface area contributed by atoms with Gasteiger partial charge in [-0.1, -0.05) is 23.9 Å². The Morgan fingerprint density at radius 3 is 2.89 bits per heavy atom. The van der Waals surface area contributed by atoms with Crippen LogP contribution in [0.25, 0.3) is 0 Å². The zero-order valence-electron chi connectivity index (χ0n) is 10.9. The molecule has 0 atom stereocenters. The molecule has 0 saturated carbocycles. The van der Waals surface area contributed by atoms with E-state index in [1.807, 2.05) is 26.0 Å². The molecule has 5 heteroatoms. The summed E-state index contributed by atoms with van der Waals surface area (Å²) in [7, 11) is 0. The van der Waals surface area contributed by atoms with E-state index < -0.39 is 0 Å². The Labute approximate surface area is 116 Å². The summed E-state index contributed by atoms with van der Waals surface area (Å²) >= 11 is 1.29. The molecule has 1 heterocycles. The summed E-state index contributed by atoms with van der Waals surface area (Å²) in [5.74, 6) is 0.911. The molecular formula is C14H15NO3S. The normalized spacial score (nSPS) is 10.4. The van der Waals surface area contributed by atoms with Crippen molar-refractivity contribution in [3.8, 4) is 5.75 Å². The molecule has 1 aromatic carbocycles. The number of thioether (sulfide) groups is 1. The van der Waals surface area contributed by atoms with E-state index in [-0.39, 0.29) is 11.5 Å². The van der Waals surface area contributed by atoms with Crippen molar-refractivity contribution >= 4 is 17.5 Å². The maximum absolute atomic E-state index is 12.2. The minimum atomic E-state index is 0.00454. The topological polar surface area (TPSA) is 52.3 Å². The average molecular weight is 277 g/mol. The van der Waals surface area contributed by atoms with Gasteiger partial charge in [-0.15, -0.1) is 0 Å². The third kappa shape index (κ3) is 3.61. The number of nitrogens with zero attached hydrogens (tertiary/aromatic N) is 1.